The summed E-state index contributed by atoms with van der Waals surface area (Å²) >= 11 is 1.50. The van der Waals surface area contributed by atoms with Crippen molar-refractivity contribution in [3.05, 3.63) is 58.3 Å². The molecule has 1 aromatic carbocycles. The zero-order valence-electron chi connectivity index (χ0n) is 11.4. The molecular weight excluding hydrogens is 329 g/mol. The summed E-state index contributed by atoms with van der Waals surface area (Å²) in [6, 6.07) is 7.31. The van der Waals surface area contributed by atoms with E-state index in [0.717, 1.165) is 29.8 Å². The lowest BCUT2D eigenvalue weighted by Gasteiger charge is -2.07. The van der Waals surface area contributed by atoms with Crippen LogP contribution in [0.15, 0.2) is 51.7 Å². The van der Waals surface area contributed by atoms with Crippen LogP contribution in [0, 0.1) is 0 Å². The van der Waals surface area contributed by atoms with Gasteiger partial charge in [0.25, 0.3) is 5.91 Å². The molecule has 1 amide bonds. The predicted octanol–water partition coefficient (Wildman–Crippen LogP) is 4.67. The molecule has 0 bridgehead atoms. The molecule has 0 aliphatic heterocycles. The zero-order valence-corrected chi connectivity index (χ0v) is 12.2. The topological polar surface area (TPSA) is 55.1 Å². The fourth-order valence-electron chi connectivity index (χ4n) is 1.88. The van der Waals surface area contributed by atoms with Crippen molar-refractivity contribution in [1.29, 1.82) is 0 Å². The summed E-state index contributed by atoms with van der Waals surface area (Å²) in [5.41, 5.74) is 0.697. The average molecular weight is 338 g/mol. The minimum Gasteiger partial charge on any atom is -0.338 e. The van der Waals surface area contributed by atoms with Crippen LogP contribution < -0.4 is 5.32 Å². The number of carbonyl (C=O) groups is 1. The minimum absolute atomic E-state index is 0.0893. The van der Waals surface area contributed by atoms with Gasteiger partial charge in [0.2, 0.25) is 5.88 Å². The van der Waals surface area contributed by atoms with E-state index in [2.05, 4.69) is 10.5 Å². The van der Waals surface area contributed by atoms with Crippen molar-refractivity contribution >= 4 is 23.1 Å². The molecule has 0 unspecified atom stereocenters. The smallest absolute Gasteiger partial charge is 0.338 e. The summed E-state index contributed by atoms with van der Waals surface area (Å²) in [7, 11) is 0. The fourth-order valence-corrected chi connectivity index (χ4v) is 2.52. The normalized spacial score (nSPS) is 11.4. The van der Waals surface area contributed by atoms with Crippen molar-refractivity contribution in [2.24, 2.45) is 0 Å². The van der Waals surface area contributed by atoms with Crippen LogP contribution in [-0.2, 0) is 6.18 Å². The summed E-state index contributed by atoms with van der Waals surface area (Å²) in [6.07, 6.45) is -4.44. The third kappa shape index (κ3) is 3.42. The van der Waals surface area contributed by atoms with Gasteiger partial charge in [-0.1, -0.05) is 5.16 Å². The molecule has 3 aromatic rings. The zero-order chi connectivity index (χ0) is 16.4. The van der Waals surface area contributed by atoms with E-state index in [1.807, 2.05) is 16.8 Å². The van der Waals surface area contributed by atoms with Crippen LogP contribution >= 0.6 is 11.3 Å². The molecule has 0 aliphatic rings. The second kappa shape index (κ2) is 5.88. The highest BCUT2D eigenvalue weighted by Crippen LogP contribution is 2.29. The Morgan fingerprint density at radius 1 is 1.17 bits per heavy atom. The number of rotatable bonds is 3. The number of carbonyl (C=O) groups excluding carboxylic acids is 1. The molecule has 23 heavy (non-hydrogen) atoms. The number of hydrogen-bond acceptors (Lipinski definition) is 4. The highest BCUT2D eigenvalue weighted by Gasteiger charge is 2.30. The van der Waals surface area contributed by atoms with Crippen LogP contribution in [0.4, 0.5) is 19.1 Å². The summed E-state index contributed by atoms with van der Waals surface area (Å²) < 4.78 is 42.4. The van der Waals surface area contributed by atoms with Crippen LogP contribution in [0.5, 0.6) is 0 Å². The minimum atomic E-state index is -4.44. The number of thiophene rings is 1. The van der Waals surface area contributed by atoms with Gasteiger partial charge in [-0.15, -0.1) is 0 Å². The number of hydrogen-bond donors (Lipinski definition) is 1. The van der Waals surface area contributed by atoms with Crippen LogP contribution in [0.25, 0.3) is 11.3 Å². The van der Waals surface area contributed by atoms with Gasteiger partial charge in [-0.05, 0) is 35.7 Å². The van der Waals surface area contributed by atoms with Gasteiger partial charge in [-0.2, -0.15) is 24.5 Å². The number of benzene rings is 1. The van der Waals surface area contributed by atoms with E-state index in [4.69, 9.17) is 4.52 Å². The molecular formula is C15H9F3N2O2S. The summed E-state index contributed by atoms with van der Waals surface area (Å²) in [6.45, 7) is 0. The van der Waals surface area contributed by atoms with E-state index in [1.54, 1.807) is 6.07 Å². The maximum absolute atomic E-state index is 12.5. The Labute approximate surface area is 132 Å². The number of anilines is 1. The van der Waals surface area contributed by atoms with E-state index < -0.39 is 17.6 Å². The number of aromatic nitrogens is 1. The van der Waals surface area contributed by atoms with Crippen molar-refractivity contribution in [2.45, 2.75) is 6.18 Å². The first-order valence-electron chi connectivity index (χ1n) is 6.41. The Kier molecular flexibility index (Phi) is 3.91. The lowest BCUT2D eigenvalue weighted by Crippen LogP contribution is -2.12. The Bertz CT molecular complexity index is 808. The van der Waals surface area contributed by atoms with E-state index in [9.17, 15) is 18.0 Å². The number of amides is 1. The summed E-state index contributed by atoms with van der Waals surface area (Å²) in [4.78, 5) is 12.0. The Balaban J connectivity index is 1.72. The molecule has 0 aliphatic carbocycles. The fraction of sp³-hybridized carbons (Fsp3) is 0.0667. The standard InChI is InChI=1S/C15H9F3N2O2S/c16-15(17,18)11-3-1-9(2-4-11)14(21)19-13-7-12(20-22-13)10-5-6-23-8-10/h1-8H,(H,19,21). The van der Waals surface area contributed by atoms with Crippen LogP contribution in [0.1, 0.15) is 15.9 Å². The molecule has 0 fully saturated rings. The molecule has 0 saturated carbocycles. The lowest BCUT2D eigenvalue weighted by molar-refractivity contribution is -0.137. The van der Waals surface area contributed by atoms with Crippen molar-refractivity contribution in [3.8, 4) is 11.3 Å². The van der Waals surface area contributed by atoms with Gasteiger partial charge in [0, 0.05) is 22.6 Å². The highest BCUT2D eigenvalue weighted by atomic mass is 32.1. The molecule has 8 heteroatoms. The summed E-state index contributed by atoms with van der Waals surface area (Å²) in [5, 5.41) is 10.0. The molecule has 0 spiro atoms. The third-order valence-electron chi connectivity index (χ3n) is 3.04. The van der Waals surface area contributed by atoms with Gasteiger partial charge >= 0.3 is 6.18 Å². The van der Waals surface area contributed by atoms with Gasteiger partial charge in [-0.25, -0.2) is 0 Å². The number of halogens is 3. The van der Waals surface area contributed by atoms with E-state index in [0.29, 0.717) is 5.69 Å². The average Bonchev–Trinajstić information content (AvgIpc) is 3.17. The molecule has 2 heterocycles. The van der Waals surface area contributed by atoms with Crippen molar-refractivity contribution in [2.75, 3.05) is 5.32 Å². The second-order valence-corrected chi connectivity index (χ2v) is 5.40. The van der Waals surface area contributed by atoms with Crippen molar-refractivity contribution in [1.82, 2.24) is 5.16 Å². The van der Waals surface area contributed by atoms with Crippen molar-refractivity contribution in [3.63, 3.8) is 0 Å². The van der Waals surface area contributed by atoms with Gasteiger partial charge in [0.15, 0.2) is 0 Å². The SMILES string of the molecule is O=C(Nc1cc(-c2ccsc2)no1)c1ccc(C(F)(F)F)cc1. The molecule has 118 valence electrons. The lowest BCUT2D eigenvalue weighted by atomic mass is 10.1. The summed E-state index contributed by atoms with van der Waals surface area (Å²) in [5.74, 6) is -0.456. The first-order valence-corrected chi connectivity index (χ1v) is 7.35. The van der Waals surface area contributed by atoms with Gasteiger partial charge in [0.1, 0.15) is 5.69 Å². The molecule has 0 atom stereocenters. The molecule has 1 N–H and O–H groups in total. The Morgan fingerprint density at radius 3 is 2.52 bits per heavy atom. The van der Waals surface area contributed by atoms with Gasteiger partial charge < -0.3 is 4.52 Å². The highest BCUT2D eigenvalue weighted by molar-refractivity contribution is 7.08. The van der Waals surface area contributed by atoms with Gasteiger partial charge in [-0.3, -0.25) is 10.1 Å². The molecule has 0 saturated heterocycles. The maximum atomic E-state index is 12.5. The third-order valence-corrected chi connectivity index (χ3v) is 3.72. The monoisotopic (exact) mass is 338 g/mol. The first-order chi connectivity index (χ1) is 10.9. The van der Waals surface area contributed by atoms with E-state index in [-0.39, 0.29) is 11.4 Å². The molecule has 2 aromatic heterocycles. The second-order valence-electron chi connectivity index (χ2n) is 4.62. The quantitative estimate of drug-likeness (QED) is 0.755. The predicted molar refractivity (Wildman–Crippen MR) is 79.2 cm³/mol. The maximum Gasteiger partial charge on any atom is 0.416 e. The number of nitrogens with zero attached hydrogens (tertiary/aromatic N) is 1. The van der Waals surface area contributed by atoms with Crippen LogP contribution in [0.3, 0.4) is 0 Å². The van der Waals surface area contributed by atoms with Crippen LogP contribution in [-0.4, -0.2) is 11.1 Å². The molecule has 0 radical (unpaired) electrons. The Morgan fingerprint density at radius 2 is 1.91 bits per heavy atom. The largest absolute Gasteiger partial charge is 0.416 e. The number of nitrogens with one attached hydrogen (secondary N) is 1. The number of alkyl halides is 3. The molecule has 4 nitrogen and oxygen atoms in total. The van der Waals surface area contributed by atoms with Gasteiger partial charge in [0.05, 0.1) is 5.56 Å². The van der Waals surface area contributed by atoms with Crippen molar-refractivity contribution < 1.29 is 22.5 Å². The Hall–Kier alpha value is -2.61. The van der Waals surface area contributed by atoms with Crippen LogP contribution in [0.2, 0.25) is 0 Å². The van der Waals surface area contributed by atoms with E-state index in [1.165, 1.54) is 11.3 Å². The van der Waals surface area contributed by atoms with E-state index >= 15 is 0 Å². The first kappa shape index (κ1) is 15.3. The molecule has 3 rings (SSSR count).